The largest absolute Gasteiger partial charge is 0.320 e. The Bertz CT molecular complexity index is 326. The Morgan fingerprint density at radius 2 is 2.36 bits per heavy atom. The van der Waals surface area contributed by atoms with Gasteiger partial charge in [-0.05, 0) is 21.8 Å². The number of nitrogens with zero attached hydrogens (tertiary/aromatic N) is 1. The molecule has 14 heavy (non-hydrogen) atoms. The molecule has 78 valence electrons. The molecule has 0 saturated carbocycles. The molecule has 0 aliphatic rings. The average molecular weight is 278 g/mol. The highest BCUT2D eigenvalue weighted by Gasteiger charge is 2.17. The van der Waals surface area contributed by atoms with E-state index in [0.717, 1.165) is 3.79 Å². The molecule has 0 radical (unpaired) electrons. The number of hydrogen-bond acceptors (Lipinski definition) is 4. The van der Waals surface area contributed by atoms with E-state index in [1.54, 1.807) is 6.20 Å². The van der Waals surface area contributed by atoms with Gasteiger partial charge in [0, 0.05) is 0 Å². The third kappa shape index (κ3) is 3.04. The van der Waals surface area contributed by atoms with Crippen LogP contribution in [0, 0.1) is 5.92 Å². The van der Waals surface area contributed by atoms with Gasteiger partial charge in [-0.25, -0.2) is 4.98 Å². The van der Waals surface area contributed by atoms with E-state index in [2.05, 4.69) is 26.2 Å². The molecule has 1 rings (SSSR count). The Labute approximate surface area is 95.0 Å². The predicted molar refractivity (Wildman–Crippen MR) is 61.3 cm³/mol. The lowest BCUT2D eigenvalue weighted by Gasteiger charge is -2.13. The molecule has 0 fully saturated rings. The molecule has 0 bridgehead atoms. The molecule has 0 spiro atoms. The van der Waals surface area contributed by atoms with E-state index >= 15 is 0 Å². The topological polar surface area (TPSA) is 68.0 Å². The van der Waals surface area contributed by atoms with Crippen LogP contribution in [0.25, 0.3) is 0 Å². The summed E-state index contributed by atoms with van der Waals surface area (Å²) < 4.78 is 0.880. The van der Waals surface area contributed by atoms with E-state index in [0.29, 0.717) is 5.13 Å². The molecule has 1 atom stereocenters. The molecule has 4 nitrogen and oxygen atoms in total. The van der Waals surface area contributed by atoms with Crippen LogP contribution in [0.5, 0.6) is 0 Å². The first kappa shape index (κ1) is 11.6. The van der Waals surface area contributed by atoms with E-state index < -0.39 is 6.04 Å². The van der Waals surface area contributed by atoms with E-state index in [-0.39, 0.29) is 11.8 Å². The van der Waals surface area contributed by atoms with Crippen LogP contribution in [0.1, 0.15) is 13.8 Å². The number of rotatable bonds is 3. The summed E-state index contributed by atoms with van der Waals surface area (Å²) in [6.07, 6.45) is 1.64. The summed E-state index contributed by atoms with van der Waals surface area (Å²) in [4.78, 5) is 15.5. The number of nitrogens with two attached hydrogens (primary N) is 1. The van der Waals surface area contributed by atoms with Crippen molar-refractivity contribution >= 4 is 38.3 Å². The van der Waals surface area contributed by atoms with Crippen molar-refractivity contribution in [3.05, 3.63) is 9.98 Å². The van der Waals surface area contributed by atoms with E-state index in [1.165, 1.54) is 11.3 Å². The zero-order valence-electron chi connectivity index (χ0n) is 7.95. The lowest BCUT2D eigenvalue weighted by Crippen LogP contribution is -2.39. The van der Waals surface area contributed by atoms with Gasteiger partial charge in [-0.15, -0.1) is 0 Å². The number of anilines is 1. The van der Waals surface area contributed by atoms with Crippen molar-refractivity contribution in [1.29, 1.82) is 0 Å². The summed E-state index contributed by atoms with van der Waals surface area (Å²) in [6, 6.07) is -0.488. The fraction of sp³-hybridized carbons (Fsp3) is 0.500. The smallest absolute Gasteiger partial charge is 0.243 e. The van der Waals surface area contributed by atoms with Gasteiger partial charge in [0.25, 0.3) is 0 Å². The van der Waals surface area contributed by atoms with Gasteiger partial charge in [-0.2, -0.15) is 0 Å². The summed E-state index contributed by atoms with van der Waals surface area (Å²) in [7, 11) is 0. The van der Waals surface area contributed by atoms with Crippen LogP contribution in [0.15, 0.2) is 9.98 Å². The third-order valence-electron chi connectivity index (χ3n) is 1.73. The average Bonchev–Trinajstić information content (AvgIpc) is 2.49. The number of aromatic nitrogens is 1. The monoisotopic (exact) mass is 277 g/mol. The van der Waals surface area contributed by atoms with E-state index in [9.17, 15) is 4.79 Å². The second kappa shape index (κ2) is 4.86. The molecular weight excluding hydrogens is 266 g/mol. The van der Waals surface area contributed by atoms with Crippen LogP contribution >= 0.6 is 27.3 Å². The highest BCUT2D eigenvalue weighted by atomic mass is 79.9. The van der Waals surface area contributed by atoms with Gasteiger partial charge in [-0.3, -0.25) is 4.79 Å². The molecule has 1 aromatic rings. The quantitative estimate of drug-likeness (QED) is 0.886. The van der Waals surface area contributed by atoms with Crippen LogP contribution in [-0.2, 0) is 4.79 Å². The first-order valence-electron chi connectivity index (χ1n) is 4.18. The zero-order chi connectivity index (χ0) is 10.7. The Kier molecular flexibility index (Phi) is 4.03. The second-order valence-electron chi connectivity index (χ2n) is 3.23. The van der Waals surface area contributed by atoms with Crippen LogP contribution in [0.2, 0.25) is 0 Å². The molecule has 1 heterocycles. The minimum atomic E-state index is -0.488. The molecule has 0 saturated heterocycles. The van der Waals surface area contributed by atoms with Crippen molar-refractivity contribution in [2.24, 2.45) is 11.7 Å². The fourth-order valence-corrected chi connectivity index (χ4v) is 1.91. The number of carbonyl (C=O) groups excluding carboxylic acids is 1. The van der Waals surface area contributed by atoms with Crippen molar-refractivity contribution in [2.45, 2.75) is 19.9 Å². The SMILES string of the molecule is CC(C)C(N)C(=O)Nc1ncc(Br)s1. The zero-order valence-corrected chi connectivity index (χ0v) is 10.4. The number of thiazole rings is 1. The standard InChI is InChI=1S/C8H12BrN3OS/c1-4(2)6(10)7(13)12-8-11-3-5(9)14-8/h3-4,6H,10H2,1-2H3,(H,11,12,13). The van der Waals surface area contributed by atoms with Crippen LogP contribution in [-0.4, -0.2) is 16.9 Å². The molecule has 0 aromatic carbocycles. The predicted octanol–water partition coefficient (Wildman–Crippen LogP) is 1.83. The normalized spacial score (nSPS) is 12.9. The molecule has 1 unspecified atom stereocenters. The van der Waals surface area contributed by atoms with E-state index in [4.69, 9.17) is 5.73 Å². The van der Waals surface area contributed by atoms with Crippen LogP contribution in [0.3, 0.4) is 0 Å². The maximum Gasteiger partial charge on any atom is 0.243 e. The van der Waals surface area contributed by atoms with Crippen molar-refractivity contribution in [1.82, 2.24) is 4.98 Å². The van der Waals surface area contributed by atoms with Gasteiger partial charge < -0.3 is 11.1 Å². The Balaban J connectivity index is 2.57. The third-order valence-corrected chi connectivity index (χ3v) is 3.12. The number of carbonyl (C=O) groups is 1. The van der Waals surface area contributed by atoms with Gasteiger partial charge >= 0.3 is 0 Å². The maximum atomic E-state index is 11.5. The van der Waals surface area contributed by atoms with Gasteiger partial charge in [-0.1, -0.05) is 25.2 Å². The molecule has 3 N–H and O–H groups in total. The van der Waals surface area contributed by atoms with Gasteiger partial charge in [0.1, 0.15) is 0 Å². The van der Waals surface area contributed by atoms with Crippen LogP contribution in [0.4, 0.5) is 5.13 Å². The van der Waals surface area contributed by atoms with Gasteiger partial charge in [0.15, 0.2) is 5.13 Å². The molecule has 0 aliphatic carbocycles. The fourth-order valence-electron chi connectivity index (χ4n) is 0.804. The number of halogens is 1. The minimum Gasteiger partial charge on any atom is -0.320 e. The summed E-state index contributed by atoms with van der Waals surface area (Å²) in [5.41, 5.74) is 5.67. The Morgan fingerprint density at radius 1 is 1.71 bits per heavy atom. The summed E-state index contributed by atoms with van der Waals surface area (Å²) in [5.74, 6) is -0.0692. The number of hydrogen-bond donors (Lipinski definition) is 2. The lowest BCUT2D eigenvalue weighted by molar-refractivity contribution is -0.118. The molecule has 0 aliphatic heterocycles. The summed E-state index contributed by atoms with van der Waals surface area (Å²) in [6.45, 7) is 3.81. The first-order valence-corrected chi connectivity index (χ1v) is 5.79. The summed E-state index contributed by atoms with van der Waals surface area (Å²) in [5, 5.41) is 3.22. The second-order valence-corrected chi connectivity index (χ2v) is 5.64. The van der Waals surface area contributed by atoms with E-state index in [1.807, 2.05) is 13.8 Å². The molecule has 1 aromatic heterocycles. The van der Waals surface area contributed by atoms with Gasteiger partial charge in [0.05, 0.1) is 16.0 Å². The van der Waals surface area contributed by atoms with Crippen LogP contribution < -0.4 is 11.1 Å². The highest BCUT2D eigenvalue weighted by molar-refractivity contribution is 9.11. The minimum absolute atomic E-state index is 0.124. The maximum absolute atomic E-state index is 11.5. The van der Waals surface area contributed by atoms with Crippen molar-refractivity contribution in [2.75, 3.05) is 5.32 Å². The molecule has 6 heteroatoms. The number of nitrogens with one attached hydrogen (secondary N) is 1. The Hall–Kier alpha value is -0.460. The Morgan fingerprint density at radius 3 is 2.79 bits per heavy atom. The number of amides is 1. The summed E-state index contributed by atoms with van der Waals surface area (Å²) >= 11 is 4.62. The molecule has 1 amide bonds. The molecular formula is C8H12BrN3OS. The van der Waals surface area contributed by atoms with Gasteiger partial charge in [0.2, 0.25) is 5.91 Å². The van der Waals surface area contributed by atoms with Crippen molar-refractivity contribution < 1.29 is 4.79 Å². The van der Waals surface area contributed by atoms with Crippen molar-refractivity contribution in [3.63, 3.8) is 0 Å². The van der Waals surface area contributed by atoms with Crippen molar-refractivity contribution in [3.8, 4) is 0 Å². The highest BCUT2D eigenvalue weighted by Crippen LogP contribution is 2.23. The lowest BCUT2D eigenvalue weighted by atomic mass is 10.1. The first-order chi connectivity index (χ1) is 6.50.